The maximum Gasteiger partial charge on any atom is 0.336 e. The summed E-state index contributed by atoms with van der Waals surface area (Å²) >= 11 is 0. The summed E-state index contributed by atoms with van der Waals surface area (Å²) < 4.78 is 22.2. The van der Waals surface area contributed by atoms with Crippen LogP contribution in [0.25, 0.3) is 16.9 Å². The standard InChI is InChI=1S/C20H21FN6O2/c21-19-15-3-1-2-12(24-15)8-18(19)29-20-23-10-16(25-26-20)14-5-4-13(9-17(14)28)27-7-6-22-11-27/h4-7,9-12,15,18-19,24,28H,1-3,8H2/t12?,15?,18-,19+/m0/s1. The van der Waals surface area contributed by atoms with Crippen molar-refractivity contribution in [3.63, 3.8) is 0 Å². The van der Waals surface area contributed by atoms with E-state index in [4.69, 9.17) is 4.74 Å². The second-order valence-electron chi connectivity index (χ2n) is 7.53. The van der Waals surface area contributed by atoms with Crippen molar-refractivity contribution >= 4 is 0 Å². The molecule has 0 spiro atoms. The van der Waals surface area contributed by atoms with E-state index in [0.717, 1.165) is 24.9 Å². The fourth-order valence-corrected chi connectivity index (χ4v) is 4.16. The van der Waals surface area contributed by atoms with Crippen LogP contribution in [-0.2, 0) is 0 Å². The molecule has 2 unspecified atom stereocenters. The first-order valence-electron chi connectivity index (χ1n) is 9.75. The van der Waals surface area contributed by atoms with Gasteiger partial charge in [0.25, 0.3) is 0 Å². The predicted octanol–water partition coefficient (Wildman–Crippen LogP) is 2.43. The van der Waals surface area contributed by atoms with Crippen molar-refractivity contribution in [2.24, 2.45) is 0 Å². The summed E-state index contributed by atoms with van der Waals surface area (Å²) in [7, 11) is 0. The molecular formula is C20H21FN6O2. The number of nitrogens with zero attached hydrogens (tertiary/aromatic N) is 5. The van der Waals surface area contributed by atoms with Crippen LogP contribution in [0.15, 0.2) is 43.1 Å². The summed E-state index contributed by atoms with van der Waals surface area (Å²) in [5.41, 5.74) is 1.68. The molecule has 2 bridgehead atoms. The third kappa shape index (κ3) is 3.53. The second-order valence-corrected chi connectivity index (χ2v) is 7.53. The lowest BCUT2D eigenvalue weighted by atomic mass is 9.84. The fraction of sp³-hybridized carbons (Fsp3) is 0.400. The van der Waals surface area contributed by atoms with Crippen LogP contribution in [0.2, 0.25) is 0 Å². The number of rotatable bonds is 4. The minimum Gasteiger partial charge on any atom is -0.507 e. The molecular weight excluding hydrogens is 375 g/mol. The molecule has 4 atom stereocenters. The van der Waals surface area contributed by atoms with E-state index < -0.39 is 12.3 Å². The van der Waals surface area contributed by atoms with Crippen LogP contribution in [0.4, 0.5) is 4.39 Å². The Morgan fingerprint density at radius 2 is 2.17 bits per heavy atom. The van der Waals surface area contributed by atoms with Gasteiger partial charge in [0, 0.05) is 42.5 Å². The lowest BCUT2D eigenvalue weighted by Gasteiger charge is -2.42. The quantitative estimate of drug-likeness (QED) is 0.699. The molecule has 0 aliphatic carbocycles. The zero-order chi connectivity index (χ0) is 19.8. The molecule has 150 valence electrons. The fourth-order valence-electron chi connectivity index (χ4n) is 4.16. The minimum atomic E-state index is -1.09. The Hall–Kier alpha value is -3.07. The van der Waals surface area contributed by atoms with Gasteiger partial charge in [-0.15, -0.1) is 5.10 Å². The number of hydrogen-bond donors (Lipinski definition) is 2. The molecule has 0 saturated carbocycles. The summed E-state index contributed by atoms with van der Waals surface area (Å²) in [6.07, 6.45) is 8.42. The molecule has 2 aliphatic rings. The van der Waals surface area contributed by atoms with Crippen LogP contribution in [0.5, 0.6) is 11.8 Å². The SMILES string of the molecule is Oc1cc(-n2ccnc2)ccc1-c1cnc(O[C@H]2CC3CCCC(N3)[C@H]2F)nn1. The summed E-state index contributed by atoms with van der Waals surface area (Å²) in [4.78, 5) is 8.18. The number of aromatic nitrogens is 5. The first kappa shape index (κ1) is 18.0. The van der Waals surface area contributed by atoms with Crippen molar-refractivity contribution in [3.8, 4) is 28.7 Å². The summed E-state index contributed by atoms with van der Waals surface area (Å²) in [6.45, 7) is 0. The summed E-state index contributed by atoms with van der Waals surface area (Å²) in [5, 5.41) is 21.8. The number of phenols is 1. The number of hydrogen-bond acceptors (Lipinski definition) is 7. The molecule has 4 heterocycles. The highest BCUT2D eigenvalue weighted by Gasteiger charge is 2.41. The molecule has 2 saturated heterocycles. The number of halogens is 1. The molecule has 5 rings (SSSR count). The number of nitrogens with one attached hydrogen (secondary N) is 1. The number of alkyl halides is 1. The number of ether oxygens (including phenoxy) is 1. The van der Waals surface area contributed by atoms with Crippen LogP contribution >= 0.6 is 0 Å². The maximum absolute atomic E-state index is 14.7. The smallest absolute Gasteiger partial charge is 0.336 e. The van der Waals surface area contributed by atoms with E-state index in [1.807, 2.05) is 6.07 Å². The highest BCUT2D eigenvalue weighted by molar-refractivity contribution is 5.67. The highest BCUT2D eigenvalue weighted by atomic mass is 19.1. The van der Waals surface area contributed by atoms with Crippen LogP contribution in [0.3, 0.4) is 0 Å². The van der Waals surface area contributed by atoms with E-state index in [-0.39, 0.29) is 23.8 Å². The lowest BCUT2D eigenvalue weighted by molar-refractivity contribution is 0.00387. The van der Waals surface area contributed by atoms with Gasteiger partial charge in [-0.1, -0.05) is 11.5 Å². The summed E-state index contributed by atoms with van der Waals surface area (Å²) in [6, 6.07) is 5.36. The molecule has 9 heteroatoms. The van der Waals surface area contributed by atoms with Crippen molar-refractivity contribution in [1.82, 2.24) is 30.0 Å². The van der Waals surface area contributed by atoms with Gasteiger partial charge in [0.1, 0.15) is 17.5 Å². The Morgan fingerprint density at radius 3 is 2.93 bits per heavy atom. The molecule has 8 nitrogen and oxygen atoms in total. The van der Waals surface area contributed by atoms with Crippen molar-refractivity contribution in [1.29, 1.82) is 0 Å². The van der Waals surface area contributed by atoms with Gasteiger partial charge in [0.2, 0.25) is 0 Å². The van der Waals surface area contributed by atoms with Gasteiger partial charge in [-0.3, -0.25) is 0 Å². The van der Waals surface area contributed by atoms with Crippen molar-refractivity contribution in [2.75, 3.05) is 0 Å². The number of benzene rings is 1. The molecule has 3 aromatic rings. The van der Waals surface area contributed by atoms with Gasteiger partial charge in [0.15, 0.2) is 6.17 Å². The third-order valence-electron chi connectivity index (χ3n) is 5.63. The average Bonchev–Trinajstić information content (AvgIpc) is 3.28. The Labute approximate surface area is 166 Å². The molecule has 29 heavy (non-hydrogen) atoms. The number of aromatic hydroxyl groups is 1. The van der Waals surface area contributed by atoms with Crippen molar-refractivity contribution < 1.29 is 14.2 Å². The third-order valence-corrected chi connectivity index (χ3v) is 5.63. The topological polar surface area (TPSA) is 98.0 Å². The van der Waals surface area contributed by atoms with E-state index in [2.05, 4.69) is 25.5 Å². The van der Waals surface area contributed by atoms with Gasteiger partial charge in [-0.05, 0) is 25.0 Å². The Bertz CT molecular complexity index is 981. The van der Waals surface area contributed by atoms with E-state index >= 15 is 0 Å². The van der Waals surface area contributed by atoms with E-state index in [0.29, 0.717) is 17.7 Å². The predicted molar refractivity (Wildman–Crippen MR) is 103 cm³/mol. The van der Waals surface area contributed by atoms with Gasteiger partial charge in [0.05, 0.1) is 18.2 Å². The zero-order valence-corrected chi connectivity index (χ0v) is 15.6. The van der Waals surface area contributed by atoms with E-state index in [1.54, 1.807) is 35.4 Å². The van der Waals surface area contributed by atoms with Crippen LogP contribution < -0.4 is 10.1 Å². The largest absolute Gasteiger partial charge is 0.507 e. The van der Waals surface area contributed by atoms with Gasteiger partial charge >= 0.3 is 6.01 Å². The lowest BCUT2D eigenvalue weighted by Crippen LogP contribution is -2.59. The number of phenolic OH excluding ortho intramolecular Hbond substituents is 1. The Morgan fingerprint density at radius 1 is 1.24 bits per heavy atom. The molecule has 1 aromatic carbocycles. The normalized spacial score (nSPS) is 26.2. The average molecular weight is 396 g/mol. The minimum absolute atomic E-state index is 0.0518. The van der Waals surface area contributed by atoms with Crippen molar-refractivity contribution in [3.05, 3.63) is 43.1 Å². The number of imidazole rings is 1. The van der Waals surface area contributed by atoms with Gasteiger partial charge < -0.3 is 19.7 Å². The molecule has 0 radical (unpaired) electrons. The van der Waals surface area contributed by atoms with Crippen LogP contribution in [0, 0.1) is 0 Å². The van der Waals surface area contributed by atoms with E-state index in [1.165, 1.54) is 6.20 Å². The number of piperidine rings is 2. The molecule has 2 fully saturated rings. The first-order valence-corrected chi connectivity index (χ1v) is 9.75. The number of fused-ring (bicyclic) bond motifs is 2. The monoisotopic (exact) mass is 396 g/mol. The maximum atomic E-state index is 14.7. The molecule has 2 N–H and O–H groups in total. The van der Waals surface area contributed by atoms with Crippen LogP contribution in [-0.4, -0.2) is 54.2 Å². The zero-order valence-electron chi connectivity index (χ0n) is 15.6. The summed E-state index contributed by atoms with van der Waals surface area (Å²) in [5.74, 6) is 0.0518. The van der Waals surface area contributed by atoms with Crippen LogP contribution in [0.1, 0.15) is 25.7 Å². The van der Waals surface area contributed by atoms with E-state index in [9.17, 15) is 9.50 Å². The second kappa shape index (κ2) is 7.40. The highest BCUT2D eigenvalue weighted by Crippen LogP contribution is 2.31. The van der Waals surface area contributed by atoms with Crippen molar-refractivity contribution in [2.45, 2.75) is 50.0 Å². The Kier molecular flexibility index (Phi) is 4.59. The van der Waals surface area contributed by atoms with Gasteiger partial charge in [-0.25, -0.2) is 14.4 Å². The molecule has 2 aromatic heterocycles. The van der Waals surface area contributed by atoms with Gasteiger partial charge in [-0.2, -0.15) is 0 Å². The molecule has 0 amide bonds. The molecule has 2 aliphatic heterocycles. The Balaban J connectivity index is 1.31. The first-order chi connectivity index (χ1) is 14.2.